The Kier molecular flexibility index (Phi) is 5.13. The van der Waals surface area contributed by atoms with Crippen molar-refractivity contribution >= 4 is 17.3 Å². The van der Waals surface area contributed by atoms with Crippen molar-refractivity contribution in [1.29, 1.82) is 0 Å². The topological polar surface area (TPSA) is 53.9 Å². The number of pyridine rings is 1. The lowest BCUT2D eigenvalue weighted by Gasteiger charge is -2.18. The predicted octanol–water partition coefficient (Wildman–Crippen LogP) is 3.57. The number of aromatic nitrogens is 3. The number of likely N-dealkylation sites (N-methyl/N-ethyl adjacent to an activating group) is 1. The minimum absolute atomic E-state index is 0.158. The Bertz CT molecular complexity index is 842. The summed E-state index contributed by atoms with van der Waals surface area (Å²) in [6, 6.07) is 9.00. The van der Waals surface area contributed by atoms with E-state index >= 15 is 0 Å². The van der Waals surface area contributed by atoms with Gasteiger partial charge in [-0.2, -0.15) is 0 Å². The summed E-state index contributed by atoms with van der Waals surface area (Å²) in [5, 5.41) is 2.84. The normalized spacial score (nSPS) is 10.5. The molecule has 0 aliphatic carbocycles. The molecule has 3 rings (SSSR count). The van der Waals surface area contributed by atoms with E-state index in [1.54, 1.807) is 18.5 Å². The fraction of sp³-hybridized carbons (Fsp3) is 0.167. The molecule has 1 N–H and O–H groups in total. The van der Waals surface area contributed by atoms with Crippen LogP contribution in [-0.4, -0.2) is 28.5 Å². The van der Waals surface area contributed by atoms with Crippen molar-refractivity contribution < 1.29 is 8.78 Å². The van der Waals surface area contributed by atoms with Crippen molar-refractivity contribution in [3.05, 3.63) is 72.3 Å². The number of anilines is 3. The van der Waals surface area contributed by atoms with Crippen molar-refractivity contribution in [2.24, 2.45) is 0 Å². The van der Waals surface area contributed by atoms with Gasteiger partial charge in [0.05, 0.1) is 5.69 Å². The van der Waals surface area contributed by atoms with Crippen LogP contribution in [0.25, 0.3) is 0 Å². The summed E-state index contributed by atoms with van der Waals surface area (Å²) < 4.78 is 26.7. The minimum atomic E-state index is -0.675. The van der Waals surface area contributed by atoms with E-state index in [0.29, 0.717) is 11.6 Å². The van der Waals surface area contributed by atoms with Gasteiger partial charge >= 0.3 is 0 Å². The summed E-state index contributed by atoms with van der Waals surface area (Å²) in [7, 11) is 1.92. The fourth-order valence-electron chi connectivity index (χ4n) is 2.31. The van der Waals surface area contributed by atoms with Crippen molar-refractivity contribution in [2.45, 2.75) is 6.42 Å². The minimum Gasteiger partial charge on any atom is -0.359 e. The summed E-state index contributed by atoms with van der Waals surface area (Å²) in [6.07, 6.45) is 5.78. The first-order valence-electron chi connectivity index (χ1n) is 7.76. The van der Waals surface area contributed by atoms with Gasteiger partial charge in [-0.05, 0) is 36.2 Å². The van der Waals surface area contributed by atoms with Crippen LogP contribution in [0.15, 0.2) is 55.1 Å². The maximum absolute atomic E-state index is 13.7. The molecule has 0 aliphatic rings. The highest BCUT2D eigenvalue weighted by Crippen LogP contribution is 2.21. The zero-order valence-electron chi connectivity index (χ0n) is 13.7. The second-order valence-corrected chi connectivity index (χ2v) is 5.54. The molecule has 0 aliphatic heterocycles. The zero-order chi connectivity index (χ0) is 17.6. The van der Waals surface area contributed by atoms with E-state index in [2.05, 4.69) is 20.3 Å². The molecule has 128 valence electrons. The lowest BCUT2D eigenvalue weighted by atomic mass is 10.2. The molecule has 7 heteroatoms. The molecular weight excluding hydrogens is 324 g/mol. The fourth-order valence-corrected chi connectivity index (χ4v) is 2.31. The lowest BCUT2D eigenvalue weighted by Crippen LogP contribution is -2.21. The van der Waals surface area contributed by atoms with Crippen LogP contribution in [0.4, 0.5) is 26.1 Å². The van der Waals surface area contributed by atoms with Crippen LogP contribution in [0.5, 0.6) is 0 Å². The summed E-state index contributed by atoms with van der Waals surface area (Å²) in [4.78, 5) is 14.3. The number of nitrogens with zero attached hydrogens (tertiary/aromatic N) is 4. The summed E-state index contributed by atoms with van der Waals surface area (Å²) >= 11 is 0. The van der Waals surface area contributed by atoms with Crippen molar-refractivity contribution in [2.75, 3.05) is 23.8 Å². The Balaban J connectivity index is 1.68. The lowest BCUT2D eigenvalue weighted by molar-refractivity contribution is 0.586. The highest BCUT2D eigenvalue weighted by molar-refractivity contribution is 5.59. The molecular formula is C18H17F2N5. The van der Waals surface area contributed by atoms with Crippen LogP contribution in [0, 0.1) is 11.6 Å². The monoisotopic (exact) mass is 341 g/mol. The van der Waals surface area contributed by atoms with Gasteiger partial charge in [0.1, 0.15) is 29.6 Å². The van der Waals surface area contributed by atoms with Crippen molar-refractivity contribution in [3.63, 3.8) is 0 Å². The first-order valence-corrected chi connectivity index (χ1v) is 7.76. The number of nitrogens with one attached hydrogen (secondary N) is 1. The van der Waals surface area contributed by atoms with E-state index in [9.17, 15) is 8.78 Å². The van der Waals surface area contributed by atoms with Crippen molar-refractivity contribution in [3.8, 4) is 0 Å². The Morgan fingerprint density at radius 1 is 1.04 bits per heavy atom. The largest absolute Gasteiger partial charge is 0.359 e. The third kappa shape index (κ3) is 4.47. The average Bonchev–Trinajstić information content (AvgIpc) is 2.63. The standard InChI is InChI=1S/C18H17F2N5/c1-25(9-6-13-4-7-21-8-5-13)18-11-17(22-12-23-18)24-16-3-2-14(19)10-15(16)20/h2-5,7-8,10-12H,6,9H2,1H3,(H,22,23,24). The first-order chi connectivity index (χ1) is 12.1. The van der Waals surface area contributed by atoms with E-state index in [0.717, 1.165) is 19.0 Å². The van der Waals surface area contributed by atoms with E-state index in [1.165, 1.54) is 24.0 Å². The van der Waals surface area contributed by atoms with Gasteiger partial charge in [-0.15, -0.1) is 0 Å². The maximum atomic E-state index is 13.7. The summed E-state index contributed by atoms with van der Waals surface area (Å²) in [6.45, 7) is 0.755. The third-order valence-corrected chi connectivity index (χ3v) is 3.72. The SMILES string of the molecule is CN(CCc1ccncc1)c1cc(Nc2ccc(F)cc2F)ncn1. The smallest absolute Gasteiger partial charge is 0.149 e. The van der Waals surface area contributed by atoms with Crippen LogP contribution in [0.1, 0.15) is 5.56 Å². The molecule has 2 heterocycles. The number of hydrogen-bond donors (Lipinski definition) is 1. The molecule has 2 aromatic heterocycles. The van der Waals surface area contributed by atoms with Crippen LogP contribution in [0.3, 0.4) is 0 Å². The Morgan fingerprint density at radius 3 is 2.60 bits per heavy atom. The molecule has 0 amide bonds. The third-order valence-electron chi connectivity index (χ3n) is 3.72. The van der Waals surface area contributed by atoms with Crippen LogP contribution in [0.2, 0.25) is 0 Å². The molecule has 0 unspecified atom stereocenters. The van der Waals surface area contributed by atoms with E-state index in [-0.39, 0.29) is 5.69 Å². The van der Waals surface area contributed by atoms with Gasteiger partial charge in [-0.1, -0.05) is 0 Å². The van der Waals surface area contributed by atoms with Gasteiger partial charge in [0, 0.05) is 38.1 Å². The molecule has 5 nitrogen and oxygen atoms in total. The first kappa shape index (κ1) is 16.8. The highest BCUT2D eigenvalue weighted by Gasteiger charge is 2.08. The molecule has 0 bridgehead atoms. The van der Waals surface area contributed by atoms with Gasteiger partial charge in [0.25, 0.3) is 0 Å². The summed E-state index contributed by atoms with van der Waals surface area (Å²) in [5.74, 6) is -0.158. The molecule has 0 atom stereocenters. The predicted molar refractivity (Wildman–Crippen MR) is 92.9 cm³/mol. The molecule has 1 aromatic carbocycles. The zero-order valence-corrected chi connectivity index (χ0v) is 13.7. The molecule has 3 aromatic rings. The number of rotatable bonds is 6. The van der Waals surface area contributed by atoms with Gasteiger partial charge in [-0.3, -0.25) is 4.98 Å². The average molecular weight is 341 g/mol. The van der Waals surface area contributed by atoms with E-state index < -0.39 is 11.6 Å². The van der Waals surface area contributed by atoms with Crippen LogP contribution < -0.4 is 10.2 Å². The second kappa shape index (κ2) is 7.65. The van der Waals surface area contributed by atoms with Gasteiger partial charge < -0.3 is 10.2 Å². The Labute approximate surface area is 144 Å². The van der Waals surface area contributed by atoms with Crippen LogP contribution >= 0.6 is 0 Å². The maximum Gasteiger partial charge on any atom is 0.149 e. The number of halogens is 2. The summed E-state index contributed by atoms with van der Waals surface area (Å²) in [5.41, 5.74) is 1.34. The van der Waals surface area contributed by atoms with Gasteiger partial charge in [0.15, 0.2) is 0 Å². The Morgan fingerprint density at radius 2 is 1.84 bits per heavy atom. The quantitative estimate of drug-likeness (QED) is 0.743. The molecule has 0 spiro atoms. The van der Waals surface area contributed by atoms with Gasteiger partial charge in [0.2, 0.25) is 0 Å². The number of hydrogen-bond acceptors (Lipinski definition) is 5. The van der Waals surface area contributed by atoms with E-state index in [1.807, 2.05) is 24.1 Å². The molecule has 0 fully saturated rings. The van der Waals surface area contributed by atoms with Gasteiger partial charge in [-0.25, -0.2) is 18.7 Å². The second-order valence-electron chi connectivity index (χ2n) is 5.54. The molecule has 0 saturated heterocycles. The van der Waals surface area contributed by atoms with Crippen molar-refractivity contribution in [1.82, 2.24) is 15.0 Å². The highest BCUT2D eigenvalue weighted by atomic mass is 19.1. The number of benzene rings is 1. The molecule has 0 radical (unpaired) electrons. The Hall–Kier alpha value is -3.09. The molecule has 0 saturated carbocycles. The van der Waals surface area contributed by atoms with E-state index in [4.69, 9.17) is 0 Å². The van der Waals surface area contributed by atoms with Crippen LogP contribution in [-0.2, 0) is 6.42 Å². The molecule has 25 heavy (non-hydrogen) atoms.